The number of alkyl halides is 2. The molecule has 2 aromatic heterocycles. The van der Waals surface area contributed by atoms with Crippen LogP contribution in [0.1, 0.15) is 42.4 Å². The van der Waals surface area contributed by atoms with Crippen LogP contribution in [0.25, 0.3) is 5.69 Å². The van der Waals surface area contributed by atoms with Crippen molar-refractivity contribution in [2.75, 3.05) is 18.0 Å². The number of rotatable bonds is 3. The highest BCUT2D eigenvalue weighted by atomic mass is 35.5. The van der Waals surface area contributed by atoms with Crippen LogP contribution in [-0.2, 0) is 13.1 Å². The van der Waals surface area contributed by atoms with Crippen molar-refractivity contribution in [3.63, 3.8) is 0 Å². The summed E-state index contributed by atoms with van der Waals surface area (Å²) in [4.78, 5) is 12.0. The molecule has 34 heavy (non-hydrogen) atoms. The summed E-state index contributed by atoms with van der Waals surface area (Å²) in [5.41, 5.74) is 2.00. The van der Waals surface area contributed by atoms with Gasteiger partial charge in [-0.2, -0.15) is 0 Å². The Hall–Kier alpha value is -2.72. The van der Waals surface area contributed by atoms with E-state index in [0.29, 0.717) is 29.9 Å². The molecule has 2 saturated carbocycles. The van der Waals surface area contributed by atoms with Gasteiger partial charge in [-0.3, -0.25) is 9.47 Å². The second-order valence-electron chi connectivity index (χ2n) is 10.1. The first-order valence-electron chi connectivity index (χ1n) is 11.4. The van der Waals surface area contributed by atoms with Gasteiger partial charge in [0.2, 0.25) is 5.95 Å². The maximum atomic E-state index is 13.9. The van der Waals surface area contributed by atoms with Crippen molar-refractivity contribution in [2.24, 2.45) is 5.41 Å². The smallest absolute Gasteiger partial charge is 0.265 e. The molecule has 0 amide bonds. The fraction of sp³-hybridized carbons (Fsp3) is 0.478. The number of aromatic nitrogens is 5. The van der Waals surface area contributed by atoms with Gasteiger partial charge in [0.15, 0.2) is 11.6 Å². The first-order valence-corrected chi connectivity index (χ1v) is 11.8. The molecule has 0 bridgehead atoms. The molecule has 11 heteroatoms. The van der Waals surface area contributed by atoms with E-state index in [0.717, 1.165) is 43.0 Å². The molecule has 1 saturated heterocycles. The second-order valence-corrected chi connectivity index (χ2v) is 10.6. The van der Waals surface area contributed by atoms with Crippen LogP contribution in [0.4, 0.5) is 19.1 Å². The van der Waals surface area contributed by atoms with Gasteiger partial charge < -0.3 is 4.90 Å². The molecule has 3 aromatic rings. The third-order valence-electron chi connectivity index (χ3n) is 7.66. The monoisotopic (exact) mass is 487 g/mol. The summed E-state index contributed by atoms with van der Waals surface area (Å²) in [6, 6.07) is 4.85. The van der Waals surface area contributed by atoms with Crippen LogP contribution < -0.4 is 4.90 Å². The zero-order valence-corrected chi connectivity index (χ0v) is 18.9. The lowest BCUT2D eigenvalue weighted by molar-refractivity contribution is 0.0573. The standard InChI is InChI=1S/C23H21ClF3N7/c24-15-1-2-17-13(3-15)9-32(18-6-23(18,26)27)10-19-30-31-20(34(17)19)14-4-22(5-14)11-33(12-22)21-28-7-16(25)8-29-21/h1-3,7-8,14,18H,4-6,9-12H2. The average Bonchev–Trinajstić information content (AvgIpc) is 3.25. The number of nitrogens with zero attached hydrogens (tertiary/aromatic N) is 7. The lowest BCUT2D eigenvalue weighted by Crippen LogP contribution is -2.62. The third kappa shape index (κ3) is 3.15. The van der Waals surface area contributed by atoms with Gasteiger partial charge >= 0.3 is 0 Å². The van der Waals surface area contributed by atoms with E-state index in [9.17, 15) is 13.2 Å². The van der Waals surface area contributed by atoms with E-state index < -0.39 is 17.8 Å². The van der Waals surface area contributed by atoms with E-state index in [-0.39, 0.29) is 17.8 Å². The number of hydrogen-bond acceptors (Lipinski definition) is 6. The Balaban J connectivity index is 1.14. The Morgan fingerprint density at radius 3 is 2.44 bits per heavy atom. The third-order valence-corrected chi connectivity index (χ3v) is 7.89. The van der Waals surface area contributed by atoms with Crippen LogP contribution in [-0.4, -0.2) is 54.7 Å². The van der Waals surface area contributed by atoms with Crippen molar-refractivity contribution < 1.29 is 13.2 Å². The van der Waals surface area contributed by atoms with Crippen LogP contribution in [0, 0.1) is 11.2 Å². The van der Waals surface area contributed by atoms with E-state index in [2.05, 4.69) is 29.6 Å². The summed E-state index contributed by atoms with van der Waals surface area (Å²) in [5.74, 6) is -0.744. The molecular weight excluding hydrogens is 467 g/mol. The fourth-order valence-electron chi connectivity index (χ4n) is 5.93. The number of hydrogen-bond donors (Lipinski definition) is 0. The van der Waals surface area contributed by atoms with E-state index >= 15 is 0 Å². The summed E-state index contributed by atoms with van der Waals surface area (Å²) in [6.45, 7) is 2.38. The van der Waals surface area contributed by atoms with E-state index in [4.69, 9.17) is 11.6 Å². The molecule has 2 aliphatic carbocycles. The minimum absolute atomic E-state index is 0.122. The van der Waals surface area contributed by atoms with Crippen molar-refractivity contribution in [2.45, 2.75) is 50.2 Å². The van der Waals surface area contributed by atoms with Crippen molar-refractivity contribution in [3.05, 3.63) is 58.6 Å². The molecule has 176 valence electrons. The minimum atomic E-state index is -2.65. The van der Waals surface area contributed by atoms with Crippen LogP contribution in [0.2, 0.25) is 5.02 Å². The molecule has 0 N–H and O–H groups in total. The normalized spacial score (nSPS) is 24.7. The molecular formula is C23H21ClF3N7. The predicted molar refractivity (Wildman–Crippen MR) is 118 cm³/mol. The summed E-state index contributed by atoms with van der Waals surface area (Å²) in [6.07, 6.45) is 4.16. The summed E-state index contributed by atoms with van der Waals surface area (Å²) < 4.78 is 43.0. The zero-order valence-electron chi connectivity index (χ0n) is 18.1. The Morgan fingerprint density at radius 1 is 1.00 bits per heavy atom. The van der Waals surface area contributed by atoms with Gasteiger partial charge in [0.05, 0.1) is 30.7 Å². The van der Waals surface area contributed by atoms with Gasteiger partial charge in [0.25, 0.3) is 5.92 Å². The lowest BCUT2D eigenvalue weighted by Gasteiger charge is -2.58. The summed E-state index contributed by atoms with van der Waals surface area (Å²) in [7, 11) is 0. The molecule has 1 aromatic carbocycles. The first kappa shape index (κ1) is 20.6. The van der Waals surface area contributed by atoms with Crippen molar-refractivity contribution >= 4 is 17.5 Å². The number of anilines is 1. The van der Waals surface area contributed by atoms with Crippen molar-refractivity contribution in [1.29, 1.82) is 0 Å². The maximum Gasteiger partial charge on any atom is 0.265 e. The molecule has 7 rings (SSSR count). The van der Waals surface area contributed by atoms with Crippen molar-refractivity contribution in [1.82, 2.24) is 29.6 Å². The van der Waals surface area contributed by atoms with Gasteiger partial charge in [-0.1, -0.05) is 11.6 Å². The molecule has 4 aliphatic rings. The number of halogens is 4. The lowest BCUT2D eigenvalue weighted by atomic mass is 9.57. The molecule has 7 nitrogen and oxygen atoms in total. The van der Waals surface area contributed by atoms with Crippen LogP contribution >= 0.6 is 11.6 Å². The largest absolute Gasteiger partial charge is 0.340 e. The Kier molecular flexibility index (Phi) is 4.20. The Labute approximate surface area is 198 Å². The number of benzene rings is 1. The van der Waals surface area contributed by atoms with Crippen LogP contribution in [0.5, 0.6) is 0 Å². The van der Waals surface area contributed by atoms with Crippen molar-refractivity contribution in [3.8, 4) is 5.69 Å². The fourth-order valence-corrected chi connectivity index (χ4v) is 6.13. The predicted octanol–water partition coefficient (Wildman–Crippen LogP) is 3.96. The molecule has 1 atom stereocenters. The molecule has 1 spiro atoms. The molecule has 2 aliphatic heterocycles. The molecule has 1 unspecified atom stereocenters. The summed E-state index contributed by atoms with van der Waals surface area (Å²) in [5, 5.41) is 9.55. The Bertz CT molecular complexity index is 1280. The maximum absolute atomic E-state index is 13.9. The molecule has 4 heterocycles. The molecule has 3 fully saturated rings. The van der Waals surface area contributed by atoms with E-state index in [1.165, 1.54) is 12.4 Å². The Morgan fingerprint density at radius 2 is 1.74 bits per heavy atom. The zero-order chi connectivity index (χ0) is 23.2. The second kappa shape index (κ2) is 6.91. The van der Waals surface area contributed by atoms with Crippen LogP contribution in [0.15, 0.2) is 30.6 Å². The topological polar surface area (TPSA) is 63.0 Å². The highest BCUT2D eigenvalue weighted by Gasteiger charge is 2.60. The van der Waals surface area contributed by atoms with Gasteiger partial charge in [-0.05, 0) is 36.6 Å². The quantitative estimate of drug-likeness (QED) is 0.557. The average molecular weight is 488 g/mol. The first-order chi connectivity index (χ1) is 16.3. The van der Waals surface area contributed by atoms with E-state index in [1.54, 1.807) is 4.90 Å². The summed E-state index contributed by atoms with van der Waals surface area (Å²) >= 11 is 6.26. The molecule has 0 radical (unpaired) electrons. The number of fused-ring (bicyclic) bond motifs is 3. The van der Waals surface area contributed by atoms with Gasteiger partial charge in [0.1, 0.15) is 5.82 Å². The van der Waals surface area contributed by atoms with Gasteiger partial charge in [0, 0.05) is 42.4 Å². The SMILES string of the molecule is Fc1cnc(N2CC3(CC(c4nnc5n4-c4ccc(Cl)cc4CN(C4CC4(F)F)C5)C3)C2)nc1. The van der Waals surface area contributed by atoms with Gasteiger partial charge in [-0.15, -0.1) is 10.2 Å². The highest BCUT2D eigenvalue weighted by Crippen LogP contribution is 2.56. The van der Waals surface area contributed by atoms with Crippen LogP contribution in [0.3, 0.4) is 0 Å². The highest BCUT2D eigenvalue weighted by molar-refractivity contribution is 6.30. The van der Waals surface area contributed by atoms with Gasteiger partial charge in [-0.25, -0.2) is 23.1 Å². The van der Waals surface area contributed by atoms with E-state index in [1.807, 2.05) is 18.2 Å². The minimum Gasteiger partial charge on any atom is -0.340 e.